The van der Waals surface area contributed by atoms with E-state index in [1.807, 2.05) is 30.3 Å². The summed E-state index contributed by atoms with van der Waals surface area (Å²) in [6.07, 6.45) is -0.255. The number of methoxy groups -OCH3 is 2. The standard InChI is InChI=1S/C26H26N2O7/c1-32-21-12-13-22(23(16-21)33-2)28-25(30)17-34-26(31)15-14-24(29)27-18-8-10-20(11-9-18)35-19-6-4-3-5-7-19/h3-13,16H,14-15,17H2,1-2H3,(H,27,29)(H,28,30). The van der Waals surface area contributed by atoms with Crippen LogP contribution in [0.3, 0.4) is 0 Å². The molecule has 2 amide bonds. The highest BCUT2D eigenvalue weighted by Crippen LogP contribution is 2.29. The average molecular weight is 479 g/mol. The van der Waals surface area contributed by atoms with E-state index < -0.39 is 18.5 Å². The van der Waals surface area contributed by atoms with Gasteiger partial charge in [-0.3, -0.25) is 14.4 Å². The third-order valence-electron chi connectivity index (χ3n) is 4.72. The molecule has 0 aliphatic heterocycles. The first-order valence-corrected chi connectivity index (χ1v) is 10.8. The summed E-state index contributed by atoms with van der Waals surface area (Å²) in [7, 11) is 2.98. The van der Waals surface area contributed by atoms with Gasteiger partial charge in [-0.05, 0) is 48.5 Å². The molecule has 3 aromatic carbocycles. The van der Waals surface area contributed by atoms with E-state index in [0.717, 1.165) is 0 Å². The summed E-state index contributed by atoms with van der Waals surface area (Å²) in [6, 6.07) is 21.1. The van der Waals surface area contributed by atoms with E-state index >= 15 is 0 Å². The monoisotopic (exact) mass is 478 g/mol. The number of hydrogen-bond acceptors (Lipinski definition) is 7. The highest BCUT2D eigenvalue weighted by atomic mass is 16.5. The number of esters is 1. The smallest absolute Gasteiger partial charge is 0.306 e. The van der Waals surface area contributed by atoms with E-state index in [1.165, 1.54) is 14.2 Å². The Hall–Kier alpha value is -4.53. The van der Waals surface area contributed by atoms with Crippen LogP contribution in [0.25, 0.3) is 0 Å². The largest absolute Gasteiger partial charge is 0.497 e. The van der Waals surface area contributed by atoms with E-state index in [-0.39, 0.29) is 18.7 Å². The topological polar surface area (TPSA) is 112 Å². The maximum Gasteiger partial charge on any atom is 0.306 e. The zero-order valence-corrected chi connectivity index (χ0v) is 19.4. The summed E-state index contributed by atoms with van der Waals surface area (Å²) in [5, 5.41) is 5.30. The van der Waals surface area contributed by atoms with Crippen molar-refractivity contribution in [2.45, 2.75) is 12.8 Å². The van der Waals surface area contributed by atoms with Crippen LogP contribution < -0.4 is 24.8 Å². The van der Waals surface area contributed by atoms with Crippen LogP contribution in [0.4, 0.5) is 11.4 Å². The third kappa shape index (κ3) is 8.08. The molecule has 3 rings (SSSR count). The Bertz CT molecular complexity index is 1150. The maximum absolute atomic E-state index is 12.1. The predicted molar refractivity (Wildman–Crippen MR) is 130 cm³/mol. The molecule has 0 heterocycles. The molecule has 0 radical (unpaired) electrons. The number of anilines is 2. The molecular weight excluding hydrogens is 452 g/mol. The Morgan fingerprint density at radius 3 is 2.09 bits per heavy atom. The van der Waals surface area contributed by atoms with Gasteiger partial charge in [0.2, 0.25) is 5.91 Å². The van der Waals surface area contributed by atoms with Gasteiger partial charge in [0.15, 0.2) is 6.61 Å². The van der Waals surface area contributed by atoms with E-state index in [2.05, 4.69) is 10.6 Å². The predicted octanol–water partition coefficient (Wildman–Crippen LogP) is 4.40. The summed E-state index contributed by atoms with van der Waals surface area (Å²) in [4.78, 5) is 36.2. The van der Waals surface area contributed by atoms with Crippen molar-refractivity contribution in [3.05, 3.63) is 72.8 Å². The number of carbonyl (C=O) groups excluding carboxylic acids is 3. The Morgan fingerprint density at radius 2 is 1.40 bits per heavy atom. The maximum atomic E-state index is 12.1. The molecule has 0 fully saturated rings. The Morgan fingerprint density at radius 1 is 0.714 bits per heavy atom. The molecule has 0 aromatic heterocycles. The van der Waals surface area contributed by atoms with E-state index in [9.17, 15) is 14.4 Å². The van der Waals surface area contributed by atoms with Crippen LogP contribution in [0.1, 0.15) is 12.8 Å². The molecule has 0 aliphatic rings. The quantitative estimate of drug-likeness (QED) is 0.393. The minimum atomic E-state index is -0.663. The van der Waals surface area contributed by atoms with E-state index in [1.54, 1.807) is 42.5 Å². The van der Waals surface area contributed by atoms with Gasteiger partial charge < -0.3 is 29.6 Å². The lowest BCUT2D eigenvalue weighted by atomic mass is 10.2. The normalized spacial score (nSPS) is 10.1. The second-order valence-electron chi connectivity index (χ2n) is 7.26. The fourth-order valence-corrected chi connectivity index (χ4v) is 2.98. The van der Waals surface area contributed by atoms with Gasteiger partial charge in [0.05, 0.1) is 26.3 Å². The van der Waals surface area contributed by atoms with Gasteiger partial charge in [0, 0.05) is 18.2 Å². The van der Waals surface area contributed by atoms with Crippen molar-refractivity contribution in [2.24, 2.45) is 0 Å². The SMILES string of the molecule is COc1ccc(NC(=O)COC(=O)CCC(=O)Nc2ccc(Oc3ccccc3)cc2)c(OC)c1. The lowest BCUT2D eigenvalue weighted by Crippen LogP contribution is -2.22. The first-order chi connectivity index (χ1) is 17.0. The van der Waals surface area contributed by atoms with Gasteiger partial charge in [-0.15, -0.1) is 0 Å². The fourth-order valence-electron chi connectivity index (χ4n) is 2.98. The van der Waals surface area contributed by atoms with Crippen LogP contribution >= 0.6 is 0 Å². The van der Waals surface area contributed by atoms with Crippen molar-refractivity contribution in [1.29, 1.82) is 0 Å². The number of nitrogens with one attached hydrogen (secondary N) is 2. The summed E-state index contributed by atoms with van der Waals surface area (Å²) >= 11 is 0. The zero-order valence-electron chi connectivity index (χ0n) is 19.4. The van der Waals surface area contributed by atoms with Crippen molar-refractivity contribution in [3.8, 4) is 23.0 Å². The summed E-state index contributed by atoms with van der Waals surface area (Å²) in [6.45, 7) is -0.488. The lowest BCUT2D eigenvalue weighted by molar-refractivity contribution is -0.147. The average Bonchev–Trinajstić information content (AvgIpc) is 2.88. The lowest BCUT2D eigenvalue weighted by Gasteiger charge is -2.12. The second kappa shape index (κ2) is 12.6. The first kappa shape index (κ1) is 25.1. The highest BCUT2D eigenvalue weighted by Gasteiger charge is 2.13. The van der Waals surface area contributed by atoms with Gasteiger partial charge in [-0.25, -0.2) is 0 Å². The summed E-state index contributed by atoms with van der Waals surface area (Å²) < 4.78 is 21.0. The number of ether oxygens (including phenoxy) is 4. The molecule has 9 heteroatoms. The number of para-hydroxylation sites is 1. The molecule has 35 heavy (non-hydrogen) atoms. The Labute approximate surface area is 203 Å². The van der Waals surface area contributed by atoms with Gasteiger partial charge in [-0.2, -0.15) is 0 Å². The fraction of sp³-hybridized carbons (Fsp3) is 0.192. The van der Waals surface area contributed by atoms with Crippen molar-refractivity contribution >= 4 is 29.2 Å². The molecule has 0 spiro atoms. The van der Waals surface area contributed by atoms with Crippen molar-refractivity contribution in [3.63, 3.8) is 0 Å². The minimum Gasteiger partial charge on any atom is -0.497 e. The van der Waals surface area contributed by atoms with Crippen molar-refractivity contribution in [1.82, 2.24) is 0 Å². The molecule has 0 atom stereocenters. The number of carbonyl (C=O) groups is 3. The van der Waals surface area contributed by atoms with Crippen molar-refractivity contribution in [2.75, 3.05) is 31.5 Å². The van der Waals surface area contributed by atoms with Crippen LogP contribution in [0.15, 0.2) is 72.8 Å². The van der Waals surface area contributed by atoms with E-state index in [0.29, 0.717) is 34.4 Å². The van der Waals surface area contributed by atoms with Gasteiger partial charge in [0.25, 0.3) is 5.91 Å². The molecule has 2 N–H and O–H groups in total. The van der Waals surface area contributed by atoms with Crippen LogP contribution in [0.2, 0.25) is 0 Å². The number of benzene rings is 3. The number of rotatable bonds is 11. The third-order valence-corrected chi connectivity index (χ3v) is 4.72. The van der Waals surface area contributed by atoms with Gasteiger partial charge >= 0.3 is 5.97 Å². The summed E-state index contributed by atoms with van der Waals surface area (Å²) in [5.41, 5.74) is 0.977. The van der Waals surface area contributed by atoms with E-state index in [4.69, 9.17) is 18.9 Å². The molecule has 0 aliphatic carbocycles. The van der Waals surface area contributed by atoms with Crippen LogP contribution in [0, 0.1) is 0 Å². The molecule has 0 saturated carbocycles. The molecule has 3 aromatic rings. The second-order valence-corrected chi connectivity index (χ2v) is 7.26. The molecular formula is C26H26N2O7. The zero-order chi connectivity index (χ0) is 25.0. The van der Waals surface area contributed by atoms with Crippen LogP contribution in [0.5, 0.6) is 23.0 Å². The summed E-state index contributed by atoms with van der Waals surface area (Å²) in [5.74, 6) is 0.753. The molecule has 9 nitrogen and oxygen atoms in total. The highest BCUT2D eigenvalue weighted by molar-refractivity contribution is 5.95. The Balaban J connectivity index is 1.38. The minimum absolute atomic E-state index is 0.0883. The number of amides is 2. The molecule has 0 bridgehead atoms. The molecule has 0 unspecified atom stereocenters. The van der Waals surface area contributed by atoms with Gasteiger partial charge in [-0.1, -0.05) is 18.2 Å². The molecule has 182 valence electrons. The van der Waals surface area contributed by atoms with Gasteiger partial charge in [0.1, 0.15) is 23.0 Å². The van der Waals surface area contributed by atoms with Crippen LogP contribution in [-0.2, 0) is 19.1 Å². The number of hydrogen-bond donors (Lipinski definition) is 2. The Kier molecular flexibility index (Phi) is 9.07. The molecule has 0 saturated heterocycles. The van der Waals surface area contributed by atoms with Crippen molar-refractivity contribution < 1.29 is 33.3 Å². The van der Waals surface area contributed by atoms with Crippen LogP contribution in [-0.4, -0.2) is 38.6 Å². The first-order valence-electron chi connectivity index (χ1n) is 10.8.